The minimum absolute atomic E-state index is 0.0469. The van der Waals surface area contributed by atoms with Gasteiger partial charge in [0.15, 0.2) is 0 Å². The minimum Gasteiger partial charge on any atom is -0.299 e. The maximum Gasteiger partial charge on any atom is 0.141 e. The lowest BCUT2D eigenvalue weighted by Crippen LogP contribution is -2.08. The van der Waals surface area contributed by atoms with Gasteiger partial charge < -0.3 is 0 Å². The molecule has 0 aromatic heterocycles. The number of halogens is 3. The van der Waals surface area contributed by atoms with Crippen molar-refractivity contribution in [2.45, 2.75) is 12.8 Å². The predicted octanol–water partition coefficient (Wildman–Crippen LogP) is 3.97. The van der Waals surface area contributed by atoms with Gasteiger partial charge in [0.1, 0.15) is 17.4 Å². The molecule has 2 aromatic rings. The van der Waals surface area contributed by atoms with Gasteiger partial charge in [-0.3, -0.25) is 4.79 Å². The number of rotatable bonds is 4. The molecule has 0 unspecified atom stereocenters. The summed E-state index contributed by atoms with van der Waals surface area (Å²) in [7, 11) is 0. The van der Waals surface area contributed by atoms with Gasteiger partial charge >= 0.3 is 0 Å². The second-order valence-electron chi connectivity index (χ2n) is 4.25. The van der Waals surface area contributed by atoms with Crippen molar-refractivity contribution >= 4 is 17.4 Å². The van der Waals surface area contributed by atoms with Crippen LogP contribution in [0.2, 0.25) is 5.02 Å². The Kier molecular flexibility index (Phi) is 4.27. The third-order valence-electron chi connectivity index (χ3n) is 2.72. The third kappa shape index (κ3) is 3.86. The summed E-state index contributed by atoms with van der Waals surface area (Å²) in [6, 6.07) is 10.1. The Balaban J connectivity index is 2.03. The summed E-state index contributed by atoms with van der Waals surface area (Å²) in [4.78, 5) is 11.8. The molecule has 4 heteroatoms. The molecule has 0 aliphatic carbocycles. The Labute approximate surface area is 114 Å². The standard InChI is InChI=1S/C15H11ClF2O/c16-12-4-1-10(2-5-12)7-14(19)8-11-3-6-13(17)9-15(11)18/h1-6,9H,7-8H2. The summed E-state index contributed by atoms with van der Waals surface area (Å²) in [6.07, 6.45) is 0.155. The van der Waals surface area contributed by atoms with Crippen LogP contribution in [0.1, 0.15) is 11.1 Å². The molecule has 0 spiro atoms. The zero-order valence-corrected chi connectivity index (χ0v) is 10.8. The van der Waals surface area contributed by atoms with Crippen LogP contribution in [0, 0.1) is 11.6 Å². The number of benzene rings is 2. The van der Waals surface area contributed by atoms with Gasteiger partial charge in [0.2, 0.25) is 0 Å². The van der Waals surface area contributed by atoms with Crippen molar-refractivity contribution in [3.8, 4) is 0 Å². The van der Waals surface area contributed by atoms with Crippen molar-refractivity contribution in [1.82, 2.24) is 0 Å². The molecule has 1 nitrogen and oxygen atoms in total. The van der Waals surface area contributed by atoms with Gasteiger partial charge in [-0.1, -0.05) is 29.8 Å². The molecule has 0 atom stereocenters. The third-order valence-corrected chi connectivity index (χ3v) is 2.97. The van der Waals surface area contributed by atoms with Gasteiger partial charge in [0.25, 0.3) is 0 Å². The SMILES string of the molecule is O=C(Cc1ccc(Cl)cc1)Cc1ccc(F)cc1F. The number of ketones is 1. The highest BCUT2D eigenvalue weighted by atomic mass is 35.5. The van der Waals surface area contributed by atoms with E-state index in [-0.39, 0.29) is 24.2 Å². The first-order valence-corrected chi connectivity index (χ1v) is 6.12. The highest BCUT2D eigenvalue weighted by Gasteiger charge is 2.10. The predicted molar refractivity (Wildman–Crippen MR) is 70.2 cm³/mol. The van der Waals surface area contributed by atoms with Crippen LogP contribution in [0.5, 0.6) is 0 Å². The highest BCUT2D eigenvalue weighted by Crippen LogP contribution is 2.13. The van der Waals surface area contributed by atoms with E-state index in [4.69, 9.17) is 11.6 Å². The van der Waals surface area contributed by atoms with E-state index in [0.29, 0.717) is 5.02 Å². The Morgan fingerprint density at radius 3 is 2.32 bits per heavy atom. The number of Topliss-reactive ketones (excluding diaryl/α,β-unsaturated/α-hetero) is 1. The molecular weight excluding hydrogens is 270 g/mol. The molecule has 0 saturated heterocycles. The van der Waals surface area contributed by atoms with Gasteiger partial charge in [-0.15, -0.1) is 0 Å². The number of hydrogen-bond acceptors (Lipinski definition) is 1. The number of hydrogen-bond donors (Lipinski definition) is 0. The molecule has 19 heavy (non-hydrogen) atoms. The van der Waals surface area contributed by atoms with Gasteiger partial charge in [-0.05, 0) is 29.3 Å². The maximum absolute atomic E-state index is 13.4. The topological polar surface area (TPSA) is 17.1 Å². The van der Waals surface area contributed by atoms with Gasteiger partial charge in [0.05, 0.1) is 0 Å². The molecule has 0 heterocycles. The molecule has 0 N–H and O–H groups in total. The quantitative estimate of drug-likeness (QED) is 0.828. The first-order chi connectivity index (χ1) is 9.04. The summed E-state index contributed by atoms with van der Waals surface area (Å²) in [6.45, 7) is 0. The maximum atomic E-state index is 13.4. The van der Waals surface area contributed by atoms with Crippen molar-refractivity contribution in [2.75, 3.05) is 0 Å². The summed E-state index contributed by atoms with van der Waals surface area (Å²) in [5, 5.41) is 0.598. The molecule has 2 aromatic carbocycles. The second kappa shape index (κ2) is 5.93. The molecule has 0 fully saturated rings. The van der Waals surface area contributed by atoms with E-state index in [1.807, 2.05) is 0 Å². The Morgan fingerprint density at radius 1 is 1.00 bits per heavy atom. The normalized spacial score (nSPS) is 10.5. The zero-order chi connectivity index (χ0) is 13.8. The summed E-state index contributed by atoms with van der Waals surface area (Å²) >= 11 is 5.74. The van der Waals surface area contributed by atoms with Crippen molar-refractivity contribution in [3.05, 3.63) is 70.2 Å². The van der Waals surface area contributed by atoms with E-state index in [1.54, 1.807) is 24.3 Å². The van der Waals surface area contributed by atoms with Gasteiger partial charge in [-0.2, -0.15) is 0 Å². The van der Waals surface area contributed by atoms with E-state index in [1.165, 1.54) is 6.07 Å². The molecular formula is C15H11ClF2O. The van der Waals surface area contributed by atoms with Crippen LogP contribution in [0.15, 0.2) is 42.5 Å². The molecule has 0 amide bonds. The zero-order valence-electron chi connectivity index (χ0n) is 10.00. The molecule has 0 bridgehead atoms. The number of carbonyl (C=O) groups is 1. The fourth-order valence-electron chi connectivity index (χ4n) is 1.77. The van der Waals surface area contributed by atoms with Crippen LogP contribution in [-0.4, -0.2) is 5.78 Å². The van der Waals surface area contributed by atoms with E-state index in [2.05, 4.69) is 0 Å². The fourth-order valence-corrected chi connectivity index (χ4v) is 1.90. The minimum atomic E-state index is -0.690. The van der Waals surface area contributed by atoms with Crippen molar-refractivity contribution < 1.29 is 13.6 Å². The van der Waals surface area contributed by atoms with E-state index >= 15 is 0 Å². The van der Waals surface area contributed by atoms with Crippen LogP contribution in [0.4, 0.5) is 8.78 Å². The van der Waals surface area contributed by atoms with Crippen LogP contribution in [0.25, 0.3) is 0 Å². The second-order valence-corrected chi connectivity index (χ2v) is 4.69. The van der Waals surface area contributed by atoms with Crippen LogP contribution >= 0.6 is 11.6 Å². The molecule has 0 aliphatic heterocycles. The smallest absolute Gasteiger partial charge is 0.141 e. The number of carbonyl (C=O) groups excluding carboxylic acids is 1. The van der Waals surface area contributed by atoms with Crippen LogP contribution < -0.4 is 0 Å². The Hall–Kier alpha value is -1.74. The largest absolute Gasteiger partial charge is 0.299 e. The van der Waals surface area contributed by atoms with Crippen molar-refractivity contribution in [1.29, 1.82) is 0 Å². The van der Waals surface area contributed by atoms with E-state index in [0.717, 1.165) is 17.7 Å². The summed E-state index contributed by atoms with van der Waals surface area (Å²) < 4.78 is 26.1. The highest BCUT2D eigenvalue weighted by molar-refractivity contribution is 6.30. The lowest BCUT2D eigenvalue weighted by Gasteiger charge is -2.04. The molecule has 0 aliphatic rings. The van der Waals surface area contributed by atoms with Crippen LogP contribution in [0.3, 0.4) is 0 Å². The van der Waals surface area contributed by atoms with Crippen LogP contribution in [-0.2, 0) is 17.6 Å². The van der Waals surface area contributed by atoms with Crippen molar-refractivity contribution in [2.24, 2.45) is 0 Å². The molecule has 2 rings (SSSR count). The Morgan fingerprint density at radius 2 is 1.68 bits per heavy atom. The van der Waals surface area contributed by atoms with E-state index in [9.17, 15) is 13.6 Å². The first-order valence-electron chi connectivity index (χ1n) is 5.74. The van der Waals surface area contributed by atoms with Gasteiger partial charge in [-0.25, -0.2) is 8.78 Å². The fraction of sp³-hybridized carbons (Fsp3) is 0.133. The lowest BCUT2D eigenvalue weighted by atomic mass is 10.0. The van der Waals surface area contributed by atoms with Gasteiger partial charge in [0, 0.05) is 23.9 Å². The first kappa shape index (κ1) is 13.7. The average molecular weight is 281 g/mol. The molecule has 0 radical (unpaired) electrons. The van der Waals surface area contributed by atoms with E-state index < -0.39 is 11.6 Å². The monoisotopic (exact) mass is 280 g/mol. The molecule has 0 saturated carbocycles. The summed E-state index contributed by atoms with van der Waals surface area (Å²) in [5.41, 5.74) is 1.03. The summed E-state index contributed by atoms with van der Waals surface area (Å²) in [5.74, 6) is -1.47. The average Bonchev–Trinajstić information content (AvgIpc) is 2.36. The lowest BCUT2D eigenvalue weighted by molar-refractivity contribution is -0.117. The molecule has 98 valence electrons. The Bertz CT molecular complexity index is 594. The van der Waals surface area contributed by atoms with Crippen molar-refractivity contribution in [3.63, 3.8) is 0 Å².